The zero-order chi connectivity index (χ0) is 17.4. The summed E-state index contributed by atoms with van der Waals surface area (Å²) >= 11 is 0. The molecule has 0 bridgehead atoms. The molecule has 124 valence electrons. The van der Waals surface area contributed by atoms with Gasteiger partial charge in [0.1, 0.15) is 22.3 Å². The van der Waals surface area contributed by atoms with Crippen LogP contribution in [0.25, 0.3) is 0 Å². The molecule has 0 saturated carbocycles. The fourth-order valence-corrected chi connectivity index (χ4v) is 2.81. The van der Waals surface area contributed by atoms with E-state index in [4.69, 9.17) is 0 Å². The Balaban J connectivity index is 2.47. The van der Waals surface area contributed by atoms with Gasteiger partial charge in [-0.25, -0.2) is 21.6 Å². The highest BCUT2D eigenvalue weighted by Gasteiger charge is 2.32. The molecule has 0 aliphatic rings. The average molecular weight is 355 g/mol. The third-order valence-electron chi connectivity index (χ3n) is 2.72. The second-order valence-corrected chi connectivity index (χ2v) is 6.02. The van der Waals surface area contributed by atoms with Crippen molar-refractivity contribution in [2.75, 3.05) is 4.72 Å². The molecule has 0 unspecified atom stereocenters. The van der Waals surface area contributed by atoms with Crippen LogP contribution in [0.2, 0.25) is 0 Å². The predicted molar refractivity (Wildman–Crippen MR) is 68.6 cm³/mol. The van der Waals surface area contributed by atoms with Crippen molar-refractivity contribution in [2.24, 2.45) is 0 Å². The van der Waals surface area contributed by atoms with Gasteiger partial charge in [0.25, 0.3) is 10.0 Å². The van der Waals surface area contributed by atoms with E-state index in [1.165, 1.54) is 4.72 Å². The van der Waals surface area contributed by atoms with Crippen LogP contribution in [0.15, 0.2) is 41.3 Å². The normalized spacial score (nSPS) is 12.3. The number of rotatable bonds is 3. The Kier molecular flexibility index (Phi) is 4.29. The van der Waals surface area contributed by atoms with Crippen LogP contribution < -0.4 is 4.72 Å². The molecule has 0 aliphatic heterocycles. The molecule has 23 heavy (non-hydrogen) atoms. The van der Waals surface area contributed by atoms with Crippen LogP contribution >= 0.6 is 0 Å². The fourth-order valence-electron chi connectivity index (χ4n) is 1.66. The molecule has 10 heteroatoms. The van der Waals surface area contributed by atoms with Gasteiger partial charge in [-0.15, -0.1) is 0 Å². The molecule has 0 aromatic heterocycles. The number of anilines is 1. The van der Waals surface area contributed by atoms with Gasteiger partial charge in [-0.3, -0.25) is 4.72 Å². The highest BCUT2D eigenvalue weighted by atomic mass is 32.2. The molecule has 2 aromatic carbocycles. The lowest BCUT2D eigenvalue weighted by atomic mass is 10.2. The lowest BCUT2D eigenvalue weighted by Crippen LogP contribution is -2.17. The molecule has 0 spiro atoms. The number of hydrogen-bond acceptors (Lipinski definition) is 2. The molecule has 2 aromatic rings. The van der Waals surface area contributed by atoms with E-state index in [2.05, 4.69) is 0 Å². The quantitative estimate of drug-likeness (QED) is 0.849. The summed E-state index contributed by atoms with van der Waals surface area (Å²) < 4.78 is 103. The maximum atomic E-state index is 13.5. The molecule has 0 radical (unpaired) electrons. The van der Waals surface area contributed by atoms with Gasteiger partial charge >= 0.3 is 6.18 Å². The van der Waals surface area contributed by atoms with Gasteiger partial charge in [-0.1, -0.05) is 0 Å². The van der Waals surface area contributed by atoms with Crippen LogP contribution in [-0.4, -0.2) is 8.42 Å². The molecular weight excluding hydrogens is 348 g/mol. The minimum Gasteiger partial charge on any atom is -0.277 e. The predicted octanol–water partition coefficient (Wildman–Crippen LogP) is 3.92. The van der Waals surface area contributed by atoms with Crippen molar-refractivity contribution < 1.29 is 34.8 Å². The number of alkyl halides is 3. The molecule has 0 amide bonds. The van der Waals surface area contributed by atoms with E-state index in [0.29, 0.717) is 30.3 Å². The first-order valence-electron chi connectivity index (χ1n) is 5.85. The minimum atomic E-state index is -4.84. The molecular formula is C13H7F6NO2S. The Hall–Kier alpha value is -2.23. The van der Waals surface area contributed by atoms with Crippen molar-refractivity contribution in [1.29, 1.82) is 0 Å². The van der Waals surface area contributed by atoms with Gasteiger partial charge in [0.2, 0.25) is 0 Å². The monoisotopic (exact) mass is 355 g/mol. The number of nitrogens with one attached hydrogen (secondary N) is 1. The highest BCUT2D eigenvalue weighted by Crippen LogP contribution is 2.32. The fraction of sp³-hybridized carbons (Fsp3) is 0.0769. The third-order valence-corrected chi connectivity index (χ3v) is 4.10. The van der Waals surface area contributed by atoms with Crippen LogP contribution in [0.5, 0.6) is 0 Å². The number of sulfonamides is 1. The van der Waals surface area contributed by atoms with Crippen molar-refractivity contribution in [3.8, 4) is 0 Å². The molecule has 0 heterocycles. The van der Waals surface area contributed by atoms with Gasteiger partial charge in [0.05, 0.1) is 11.3 Å². The van der Waals surface area contributed by atoms with Crippen molar-refractivity contribution in [1.82, 2.24) is 0 Å². The maximum Gasteiger partial charge on any atom is 0.416 e. The van der Waals surface area contributed by atoms with E-state index < -0.39 is 49.8 Å². The lowest BCUT2D eigenvalue weighted by molar-refractivity contribution is -0.137. The Morgan fingerprint density at radius 1 is 0.870 bits per heavy atom. The van der Waals surface area contributed by atoms with Crippen molar-refractivity contribution >= 4 is 15.7 Å². The minimum absolute atomic E-state index is 0.212. The Morgan fingerprint density at radius 3 is 2.09 bits per heavy atom. The summed E-state index contributed by atoms with van der Waals surface area (Å²) in [5.74, 6) is -3.74. The summed E-state index contributed by atoms with van der Waals surface area (Å²) in [6.45, 7) is 0. The molecule has 1 N–H and O–H groups in total. The van der Waals surface area contributed by atoms with Gasteiger partial charge < -0.3 is 0 Å². The molecule has 0 aliphatic carbocycles. The molecule has 2 rings (SSSR count). The van der Waals surface area contributed by atoms with Crippen molar-refractivity contribution in [2.45, 2.75) is 11.1 Å². The maximum absolute atomic E-state index is 13.5. The first kappa shape index (κ1) is 17.1. The lowest BCUT2D eigenvalue weighted by Gasteiger charge is -2.12. The van der Waals surface area contributed by atoms with Crippen molar-refractivity contribution in [3.63, 3.8) is 0 Å². The van der Waals surface area contributed by atoms with E-state index in [0.717, 1.165) is 0 Å². The smallest absolute Gasteiger partial charge is 0.277 e. The summed E-state index contributed by atoms with van der Waals surface area (Å²) in [7, 11) is -4.82. The molecule has 3 nitrogen and oxygen atoms in total. The van der Waals surface area contributed by atoms with Crippen molar-refractivity contribution in [3.05, 3.63) is 59.4 Å². The Morgan fingerprint density at radius 2 is 1.48 bits per heavy atom. The van der Waals surface area contributed by atoms with Gasteiger partial charge in [-0.2, -0.15) is 13.2 Å². The van der Waals surface area contributed by atoms with E-state index in [-0.39, 0.29) is 6.07 Å². The Labute approximate surface area is 126 Å². The number of benzene rings is 2. The zero-order valence-electron chi connectivity index (χ0n) is 11.0. The summed E-state index contributed by atoms with van der Waals surface area (Å²) in [5.41, 5.74) is -2.35. The number of halogens is 6. The van der Waals surface area contributed by atoms with Gasteiger partial charge in [0.15, 0.2) is 0 Å². The van der Waals surface area contributed by atoms with Crippen LogP contribution in [0.3, 0.4) is 0 Å². The average Bonchev–Trinajstić information content (AvgIpc) is 2.42. The van der Waals surface area contributed by atoms with Crippen LogP contribution in [0, 0.1) is 17.5 Å². The third kappa shape index (κ3) is 3.76. The summed E-state index contributed by atoms with van der Waals surface area (Å²) in [6.07, 6.45) is -4.84. The second kappa shape index (κ2) is 5.76. The largest absolute Gasteiger partial charge is 0.416 e. The SMILES string of the molecule is O=S(=O)(Nc1cc(C(F)(F)F)ccc1F)c1cc(F)ccc1F. The first-order chi connectivity index (χ1) is 10.5. The topological polar surface area (TPSA) is 46.2 Å². The van der Waals surface area contributed by atoms with E-state index in [9.17, 15) is 34.8 Å². The Bertz CT molecular complexity index is 848. The highest BCUT2D eigenvalue weighted by molar-refractivity contribution is 7.92. The second-order valence-electron chi connectivity index (χ2n) is 4.37. The van der Waals surface area contributed by atoms with Crippen LogP contribution in [0.4, 0.5) is 32.0 Å². The molecule has 0 atom stereocenters. The number of hydrogen-bond donors (Lipinski definition) is 1. The summed E-state index contributed by atoms with van der Waals surface area (Å²) in [6, 6.07) is 2.53. The standard InChI is InChI=1S/C13H7F6NO2S/c14-8-2-4-10(16)12(6-8)23(21,22)20-11-5-7(13(17,18)19)1-3-9(11)15/h1-6,20H. The summed E-state index contributed by atoms with van der Waals surface area (Å²) in [5, 5.41) is 0. The summed E-state index contributed by atoms with van der Waals surface area (Å²) in [4.78, 5) is -1.16. The molecule has 0 saturated heterocycles. The van der Waals surface area contributed by atoms with E-state index in [1.54, 1.807) is 0 Å². The van der Waals surface area contributed by atoms with Gasteiger partial charge in [-0.05, 0) is 36.4 Å². The molecule has 0 fully saturated rings. The first-order valence-corrected chi connectivity index (χ1v) is 7.33. The van der Waals surface area contributed by atoms with Crippen LogP contribution in [-0.2, 0) is 16.2 Å². The van der Waals surface area contributed by atoms with E-state index in [1.807, 2.05) is 0 Å². The van der Waals surface area contributed by atoms with E-state index >= 15 is 0 Å². The van der Waals surface area contributed by atoms with Gasteiger partial charge in [0, 0.05) is 0 Å². The zero-order valence-corrected chi connectivity index (χ0v) is 11.8. The van der Waals surface area contributed by atoms with Crippen LogP contribution in [0.1, 0.15) is 5.56 Å².